The van der Waals surface area contributed by atoms with Crippen molar-refractivity contribution in [3.8, 4) is 0 Å². The van der Waals surface area contributed by atoms with Crippen LogP contribution in [0.1, 0.15) is 24.8 Å². The monoisotopic (exact) mass is 235 g/mol. The van der Waals surface area contributed by atoms with E-state index in [9.17, 15) is 0 Å². The standard InChI is InChI=1S/C13H21N3O/c1-16-8-11(7-15-16)6-12-13(4-5-14-12)17-9-10-2-3-10/h7-8,10,12-14H,2-6,9H2,1H3/t12-,13+/m0/s1. The molecule has 2 heterocycles. The van der Waals surface area contributed by atoms with Gasteiger partial charge in [-0.1, -0.05) is 0 Å². The van der Waals surface area contributed by atoms with Crippen LogP contribution in [-0.2, 0) is 18.2 Å². The highest BCUT2D eigenvalue weighted by Crippen LogP contribution is 2.30. The number of aryl methyl sites for hydroxylation is 1. The Morgan fingerprint density at radius 2 is 2.35 bits per heavy atom. The van der Waals surface area contributed by atoms with Gasteiger partial charge in [0.15, 0.2) is 0 Å². The van der Waals surface area contributed by atoms with Crippen LogP contribution in [0.4, 0.5) is 0 Å². The van der Waals surface area contributed by atoms with Crippen LogP contribution in [0.25, 0.3) is 0 Å². The maximum Gasteiger partial charge on any atom is 0.0743 e. The molecule has 1 N–H and O–H groups in total. The number of nitrogens with one attached hydrogen (secondary N) is 1. The van der Waals surface area contributed by atoms with Gasteiger partial charge in [-0.05, 0) is 43.7 Å². The van der Waals surface area contributed by atoms with E-state index in [4.69, 9.17) is 4.74 Å². The van der Waals surface area contributed by atoms with E-state index in [1.165, 1.54) is 18.4 Å². The van der Waals surface area contributed by atoms with Crippen LogP contribution in [0, 0.1) is 5.92 Å². The van der Waals surface area contributed by atoms with Crippen LogP contribution in [0.15, 0.2) is 12.4 Å². The molecule has 4 heteroatoms. The van der Waals surface area contributed by atoms with Crippen molar-refractivity contribution in [3.05, 3.63) is 18.0 Å². The molecule has 2 aliphatic rings. The van der Waals surface area contributed by atoms with Crippen molar-refractivity contribution >= 4 is 0 Å². The lowest BCUT2D eigenvalue weighted by molar-refractivity contribution is 0.0382. The van der Waals surface area contributed by atoms with E-state index in [2.05, 4.69) is 16.6 Å². The van der Waals surface area contributed by atoms with E-state index in [1.54, 1.807) is 0 Å². The van der Waals surface area contributed by atoms with Crippen molar-refractivity contribution in [3.63, 3.8) is 0 Å². The Bertz CT molecular complexity index is 372. The molecule has 1 saturated heterocycles. The van der Waals surface area contributed by atoms with Crippen molar-refractivity contribution in [1.82, 2.24) is 15.1 Å². The van der Waals surface area contributed by atoms with E-state index in [0.717, 1.165) is 31.9 Å². The molecule has 1 saturated carbocycles. The number of ether oxygens (including phenoxy) is 1. The Morgan fingerprint density at radius 3 is 3.06 bits per heavy atom. The van der Waals surface area contributed by atoms with Crippen LogP contribution in [-0.4, -0.2) is 35.1 Å². The summed E-state index contributed by atoms with van der Waals surface area (Å²) < 4.78 is 7.89. The predicted molar refractivity (Wildman–Crippen MR) is 65.8 cm³/mol. The predicted octanol–water partition coefficient (Wildman–Crippen LogP) is 1.12. The topological polar surface area (TPSA) is 39.1 Å². The zero-order valence-electron chi connectivity index (χ0n) is 10.4. The third-order valence-electron chi connectivity index (χ3n) is 3.74. The minimum atomic E-state index is 0.399. The Balaban J connectivity index is 1.53. The van der Waals surface area contributed by atoms with E-state index >= 15 is 0 Å². The quantitative estimate of drug-likeness (QED) is 0.831. The number of aromatic nitrogens is 2. The molecule has 0 bridgehead atoms. The summed E-state index contributed by atoms with van der Waals surface area (Å²) in [5.41, 5.74) is 1.30. The van der Waals surface area contributed by atoms with Gasteiger partial charge in [0.25, 0.3) is 0 Å². The molecule has 0 spiro atoms. The second-order valence-corrected chi connectivity index (χ2v) is 5.39. The summed E-state index contributed by atoms with van der Waals surface area (Å²) in [7, 11) is 1.96. The molecule has 1 aliphatic heterocycles. The van der Waals surface area contributed by atoms with Crippen LogP contribution in [0.3, 0.4) is 0 Å². The van der Waals surface area contributed by atoms with Crippen LogP contribution >= 0.6 is 0 Å². The Labute approximate surface area is 102 Å². The molecule has 3 rings (SSSR count). The van der Waals surface area contributed by atoms with Crippen molar-refractivity contribution in [1.29, 1.82) is 0 Å². The summed E-state index contributed by atoms with van der Waals surface area (Å²) in [6, 6.07) is 0.470. The van der Waals surface area contributed by atoms with Gasteiger partial charge in [-0.25, -0.2) is 0 Å². The highest BCUT2D eigenvalue weighted by molar-refractivity contribution is 5.08. The molecule has 1 aromatic heterocycles. The fourth-order valence-electron chi connectivity index (χ4n) is 2.52. The van der Waals surface area contributed by atoms with Gasteiger partial charge in [0, 0.05) is 25.9 Å². The van der Waals surface area contributed by atoms with Crippen LogP contribution in [0.2, 0.25) is 0 Å². The van der Waals surface area contributed by atoms with Gasteiger partial charge in [-0.2, -0.15) is 5.10 Å². The van der Waals surface area contributed by atoms with E-state index in [-0.39, 0.29) is 0 Å². The number of hydrogen-bond donors (Lipinski definition) is 1. The fraction of sp³-hybridized carbons (Fsp3) is 0.769. The van der Waals surface area contributed by atoms with E-state index in [0.29, 0.717) is 12.1 Å². The molecule has 0 radical (unpaired) electrons. The summed E-state index contributed by atoms with van der Waals surface area (Å²) in [5.74, 6) is 0.856. The molecule has 0 amide bonds. The van der Waals surface area contributed by atoms with Gasteiger partial charge in [-0.3, -0.25) is 4.68 Å². The van der Waals surface area contributed by atoms with Gasteiger partial charge >= 0.3 is 0 Å². The lowest BCUT2D eigenvalue weighted by atomic mass is 10.1. The molecule has 1 aromatic rings. The smallest absolute Gasteiger partial charge is 0.0743 e. The first-order chi connectivity index (χ1) is 8.31. The number of nitrogens with zero attached hydrogens (tertiary/aromatic N) is 2. The molecule has 17 heavy (non-hydrogen) atoms. The molecular formula is C13H21N3O. The first-order valence-electron chi connectivity index (χ1n) is 6.64. The van der Waals surface area contributed by atoms with Gasteiger partial charge < -0.3 is 10.1 Å². The second-order valence-electron chi connectivity index (χ2n) is 5.39. The summed E-state index contributed by atoms with van der Waals surface area (Å²) in [5, 5.41) is 7.76. The fourth-order valence-corrected chi connectivity index (χ4v) is 2.52. The van der Waals surface area contributed by atoms with Crippen molar-refractivity contribution in [2.24, 2.45) is 13.0 Å². The summed E-state index contributed by atoms with van der Waals surface area (Å²) in [4.78, 5) is 0. The summed E-state index contributed by atoms with van der Waals surface area (Å²) >= 11 is 0. The third-order valence-corrected chi connectivity index (χ3v) is 3.74. The molecule has 1 aliphatic carbocycles. The van der Waals surface area contributed by atoms with Crippen molar-refractivity contribution < 1.29 is 4.74 Å². The molecule has 0 unspecified atom stereocenters. The highest BCUT2D eigenvalue weighted by Gasteiger charge is 2.30. The molecule has 2 atom stereocenters. The van der Waals surface area contributed by atoms with Crippen molar-refractivity contribution in [2.75, 3.05) is 13.2 Å². The first-order valence-corrected chi connectivity index (χ1v) is 6.64. The average molecular weight is 235 g/mol. The maximum absolute atomic E-state index is 6.03. The van der Waals surface area contributed by atoms with Crippen LogP contribution < -0.4 is 5.32 Å². The zero-order valence-corrected chi connectivity index (χ0v) is 10.4. The second kappa shape index (κ2) is 4.78. The zero-order chi connectivity index (χ0) is 11.7. The Kier molecular flexibility index (Phi) is 3.16. The van der Waals surface area contributed by atoms with E-state index < -0.39 is 0 Å². The SMILES string of the molecule is Cn1cc(C[C@@H]2NCC[C@H]2OCC2CC2)cn1. The molecule has 4 nitrogen and oxygen atoms in total. The molecule has 94 valence electrons. The average Bonchev–Trinajstić information content (AvgIpc) is 2.90. The lowest BCUT2D eigenvalue weighted by Gasteiger charge is -2.19. The van der Waals surface area contributed by atoms with Crippen LogP contribution in [0.5, 0.6) is 0 Å². The molecular weight excluding hydrogens is 214 g/mol. The largest absolute Gasteiger partial charge is 0.376 e. The Morgan fingerprint density at radius 1 is 1.47 bits per heavy atom. The Hall–Kier alpha value is -0.870. The highest BCUT2D eigenvalue weighted by atomic mass is 16.5. The lowest BCUT2D eigenvalue weighted by Crippen LogP contribution is -2.34. The van der Waals surface area contributed by atoms with Crippen molar-refractivity contribution in [2.45, 2.75) is 37.8 Å². The number of hydrogen-bond acceptors (Lipinski definition) is 3. The summed E-state index contributed by atoms with van der Waals surface area (Å²) in [6.07, 6.45) is 9.37. The van der Waals surface area contributed by atoms with Gasteiger partial charge in [-0.15, -0.1) is 0 Å². The first kappa shape index (κ1) is 11.2. The van der Waals surface area contributed by atoms with Gasteiger partial charge in [0.1, 0.15) is 0 Å². The molecule has 0 aromatic carbocycles. The maximum atomic E-state index is 6.03. The minimum absolute atomic E-state index is 0.399. The van der Waals surface area contributed by atoms with E-state index in [1.807, 2.05) is 17.9 Å². The molecule has 2 fully saturated rings. The number of rotatable bonds is 5. The van der Waals surface area contributed by atoms with Gasteiger partial charge in [0.2, 0.25) is 0 Å². The van der Waals surface area contributed by atoms with Gasteiger partial charge in [0.05, 0.1) is 12.3 Å². The normalized spacial score (nSPS) is 28.8. The third kappa shape index (κ3) is 2.87. The minimum Gasteiger partial charge on any atom is -0.376 e. The summed E-state index contributed by atoms with van der Waals surface area (Å²) in [6.45, 7) is 2.05.